The molecule has 2 aromatic rings. The van der Waals surface area contributed by atoms with Crippen molar-refractivity contribution in [2.24, 2.45) is 5.92 Å². The summed E-state index contributed by atoms with van der Waals surface area (Å²) in [6.07, 6.45) is 4.32. The van der Waals surface area contributed by atoms with Crippen molar-refractivity contribution in [3.05, 3.63) is 90.0 Å². The van der Waals surface area contributed by atoms with Gasteiger partial charge in [0, 0.05) is 13.7 Å². The van der Waals surface area contributed by atoms with Gasteiger partial charge >= 0.3 is 0 Å². The topological polar surface area (TPSA) is 49.9 Å². The number of rotatable bonds is 4. The van der Waals surface area contributed by atoms with Crippen molar-refractivity contribution in [3.8, 4) is 0 Å². The summed E-state index contributed by atoms with van der Waals surface area (Å²) in [6, 6.07) is 17.6. The lowest BCUT2D eigenvalue weighted by molar-refractivity contribution is -0.133. The largest absolute Gasteiger partial charge is 0.364 e. The maximum atomic E-state index is 13.7. The van der Waals surface area contributed by atoms with Crippen LogP contribution in [0.3, 0.4) is 0 Å². The van der Waals surface area contributed by atoms with Crippen LogP contribution in [0.5, 0.6) is 0 Å². The molecule has 3 atom stereocenters. The number of para-hydroxylation sites is 1. The Hall–Kier alpha value is -3.18. The van der Waals surface area contributed by atoms with Crippen molar-refractivity contribution in [3.63, 3.8) is 0 Å². The molecule has 0 N–H and O–H groups in total. The van der Waals surface area contributed by atoms with Crippen molar-refractivity contribution in [1.82, 2.24) is 4.90 Å². The molecule has 1 saturated heterocycles. The first kappa shape index (κ1) is 18.8. The van der Waals surface area contributed by atoms with Crippen LogP contribution in [0.15, 0.2) is 78.9 Å². The molecule has 5 nitrogen and oxygen atoms in total. The van der Waals surface area contributed by atoms with Gasteiger partial charge in [-0.05, 0) is 29.2 Å². The minimum absolute atomic E-state index is 0.00531. The van der Waals surface area contributed by atoms with Gasteiger partial charge in [0.2, 0.25) is 11.8 Å². The summed E-state index contributed by atoms with van der Waals surface area (Å²) in [5.41, 5.74) is 2.98. The summed E-state index contributed by atoms with van der Waals surface area (Å²) in [6.45, 7) is 4.99. The molecule has 1 aliphatic carbocycles. The molecule has 3 aliphatic rings. The van der Waals surface area contributed by atoms with E-state index in [4.69, 9.17) is 4.74 Å². The molecule has 5 heteroatoms. The Bertz CT molecular complexity index is 1060. The van der Waals surface area contributed by atoms with Crippen LogP contribution in [-0.4, -0.2) is 36.6 Å². The van der Waals surface area contributed by atoms with E-state index in [1.54, 1.807) is 12.0 Å². The lowest BCUT2D eigenvalue weighted by Crippen LogP contribution is -2.45. The van der Waals surface area contributed by atoms with Crippen LogP contribution in [0.4, 0.5) is 5.69 Å². The number of anilines is 1. The standard InChI is InChI=1S/C25H24N2O3/c1-17-19-12-13-25(20-10-6-7-11-21(20)27(16-30-2)24(25)29)14-22(17)26(23(19)28)15-18-8-4-3-5-9-18/h3-13,19,22H,1,14-16H2,2H3/t19-,22+,25+/m0/s1. The van der Waals surface area contributed by atoms with E-state index in [0.717, 1.165) is 22.4 Å². The number of amides is 2. The molecule has 0 unspecified atom stereocenters. The summed E-state index contributed by atoms with van der Waals surface area (Å²) in [5.74, 6) is -0.323. The monoisotopic (exact) mass is 400 g/mol. The van der Waals surface area contributed by atoms with E-state index in [-0.39, 0.29) is 30.5 Å². The zero-order valence-electron chi connectivity index (χ0n) is 17.0. The first-order chi connectivity index (χ1) is 14.6. The van der Waals surface area contributed by atoms with Gasteiger partial charge in [-0.15, -0.1) is 0 Å². The number of methoxy groups -OCH3 is 1. The Balaban J connectivity index is 1.58. The number of ether oxygens (including phenoxy) is 1. The van der Waals surface area contributed by atoms with Gasteiger partial charge in [0.05, 0.1) is 23.1 Å². The molecule has 30 heavy (non-hydrogen) atoms. The molecule has 1 spiro atoms. The average molecular weight is 400 g/mol. The fraction of sp³-hybridized carbons (Fsp3) is 0.280. The average Bonchev–Trinajstić information content (AvgIpc) is 3.03. The van der Waals surface area contributed by atoms with Crippen molar-refractivity contribution in [1.29, 1.82) is 0 Å². The second-order valence-electron chi connectivity index (χ2n) is 8.22. The number of likely N-dealkylation sites (tertiary alicyclic amines) is 1. The maximum Gasteiger partial charge on any atom is 0.243 e. The summed E-state index contributed by atoms with van der Waals surface area (Å²) in [4.78, 5) is 30.4. The Kier molecular flexibility index (Phi) is 4.36. The van der Waals surface area contributed by atoms with Crippen LogP contribution in [0.25, 0.3) is 0 Å². The minimum Gasteiger partial charge on any atom is -0.364 e. The fourth-order valence-corrected chi connectivity index (χ4v) is 5.11. The van der Waals surface area contributed by atoms with Crippen molar-refractivity contribution in [2.75, 3.05) is 18.7 Å². The molecule has 2 amide bonds. The number of carbonyl (C=O) groups excluding carboxylic acids is 2. The summed E-state index contributed by atoms with van der Waals surface area (Å²) in [7, 11) is 1.59. The highest BCUT2D eigenvalue weighted by atomic mass is 16.5. The van der Waals surface area contributed by atoms with E-state index in [9.17, 15) is 9.59 Å². The molecule has 152 valence electrons. The lowest BCUT2D eigenvalue weighted by atomic mass is 9.76. The maximum absolute atomic E-state index is 13.7. The van der Waals surface area contributed by atoms with Crippen LogP contribution in [0, 0.1) is 5.92 Å². The number of carbonyl (C=O) groups is 2. The third-order valence-electron chi connectivity index (χ3n) is 6.60. The van der Waals surface area contributed by atoms with E-state index < -0.39 is 5.41 Å². The third kappa shape index (κ3) is 2.58. The first-order valence-electron chi connectivity index (χ1n) is 10.2. The summed E-state index contributed by atoms with van der Waals surface area (Å²) in [5, 5.41) is 0. The molecule has 0 radical (unpaired) electrons. The molecular formula is C25H24N2O3. The fourth-order valence-electron chi connectivity index (χ4n) is 5.11. The van der Waals surface area contributed by atoms with E-state index in [1.165, 1.54) is 0 Å². The molecule has 2 aliphatic heterocycles. The number of nitrogens with zero attached hydrogens (tertiary/aromatic N) is 2. The van der Waals surface area contributed by atoms with Gasteiger partial charge in [-0.1, -0.05) is 67.3 Å². The van der Waals surface area contributed by atoms with E-state index in [2.05, 4.69) is 6.58 Å². The van der Waals surface area contributed by atoms with Crippen LogP contribution < -0.4 is 4.90 Å². The minimum atomic E-state index is -0.812. The zero-order valence-corrected chi connectivity index (χ0v) is 17.0. The smallest absolute Gasteiger partial charge is 0.243 e. The quantitative estimate of drug-likeness (QED) is 0.739. The highest BCUT2D eigenvalue weighted by Gasteiger charge is 2.55. The predicted octanol–water partition coefficient (Wildman–Crippen LogP) is 3.42. The molecule has 2 bridgehead atoms. The van der Waals surface area contributed by atoms with Crippen molar-refractivity contribution in [2.45, 2.75) is 24.4 Å². The summed E-state index contributed by atoms with van der Waals surface area (Å²) >= 11 is 0. The van der Waals surface area contributed by atoms with Crippen molar-refractivity contribution >= 4 is 17.5 Å². The van der Waals surface area contributed by atoms with Crippen LogP contribution in [0.1, 0.15) is 17.5 Å². The highest BCUT2D eigenvalue weighted by molar-refractivity contribution is 6.10. The van der Waals surface area contributed by atoms with Gasteiger partial charge in [0.1, 0.15) is 6.73 Å². The first-order valence-corrected chi connectivity index (χ1v) is 10.2. The molecular weight excluding hydrogens is 376 g/mol. The third-order valence-corrected chi connectivity index (χ3v) is 6.60. The number of fused-ring (bicyclic) bond motifs is 4. The van der Waals surface area contributed by atoms with Gasteiger partial charge in [0.15, 0.2) is 0 Å². The van der Waals surface area contributed by atoms with E-state index in [0.29, 0.717) is 13.0 Å². The molecule has 0 aromatic heterocycles. The van der Waals surface area contributed by atoms with Crippen molar-refractivity contribution < 1.29 is 14.3 Å². The SMILES string of the molecule is C=C1[C@@H]2C=C[C@]3(C[C@H]1N(Cc1ccccc1)C2=O)C(=O)N(COC)c1ccccc13. The number of hydrogen-bond donors (Lipinski definition) is 0. The van der Waals surface area contributed by atoms with E-state index >= 15 is 0 Å². The number of hydrogen-bond acceptors (Lipinski definition) is 3. The molecule has 5 rings (SSSR count). The zero-order chi connectivity index (χ0) is 20.9. The van der Waals surface area contributed by atoms with Gasteiger partial charge in [0.25, 0.3) is 0 Å². The Morgan fingerprint density at radius 2 is 1.83 bits per heavy atom. The summed E-state index contributed by atoms with van der Waals surface area (Å²) < 4.78 is 5.32. The van der Waals surface area contributed by atoms with E-state index in [1.807, 2.05) is 71.6 Å². The molecule has 2 aromatic carbocycles. The second kappa shape index (κ2) is 6.96. The molecule has 2 heterocycles. The van der Waals surface area contributed by atoms with Crippen LogP contribution in [0.2, 0.25) is 0 Å². The molecule has 0 saturated carbocycles. The van der Waals surface area contributed by atoms with Crippen LogP contribution in [-0.2, 0) is 26.3 Å². The highest BCUT2D eigenvalue weighted by Crippen LogP contribution is 2.51. The normalized spacial score (nSPS) is 27.2. The van der Waals surface area contributed by atoms with Gasteiger partial charge in [-0.3, -0.25) is 14.5 Å². The molecule has 1 fully saturated rings. The lowest BCUT2D eigenvalue weighted by Gasteiger charge is -2.33. The van der Waals surface area contributed by atoms with Gasteiger partial charge in [-0.25, -0.2) is 0 Å². The predicted molar refractivity (Wildman–Crippen MR) is 115 cm³/mol. The Labute approximate surface area is 176 Å². The second-order valence-corrected chi connectivity index (χ2v) is 8.22. The van der Waals surface area contributed by atoms with Crippen LogP contribution >= 0.6 is 0 Å². The van der Waals surface area contributed by atoms with Gasteiger partial charge in [-0.2, -0.15) is 0 Å². The number of benzene rings is 2. The van der Waals surface area contributed by atoms with Gasteiger partial charge < -0.3 is 9.64 Å². The Morgan fingerprint density at radius 1 is 1.10 bits per heavy atom. The Morgan fingerprint density at radius 3 is 2.60 bits per heavy atom.